The molecule has 2 aliphatic rings. The fraction of sp³-hybridized carbons (Fsp3) is 0.600. The Labute approximate surface area is 121 Å². The lowest BCUT2D eigenvalue weighted by molar-refractivity contribution is 0.572. The smallest absolute Gasteiger partial charge is 0.240 e. The molecule has 5 heteroatoms. The first-order valence-electron chi connectivity index (χ1n) is 7.52. The van der Waals surface area contributed by atoms with E-state index in [-0.39, 0.29) is 0 Å². The normalized spacial score (nSPS) is 18.4. The number of benzene rings is 1. The Bertz CT molecular complexity index is 580. The molecule has 2 N–H and O–H groups in total. The van der Waals surface area contributed by atoms with Gasteiger partial charge >= 0.3 is 0 Å². The maximum atomic E-state index is 12.2. The topological polar surface area (TPSA) is 58.2 Å². The van der Waals surface area contributed by atoms with Gasteiger partial charge in [-0.25, -0.2) is 13.1 Å². The minimum absolute atomic E-state index is 0.372. The van der Waals surface area contributed by atoms with E-state index in [2.05, 4.69) is 10.0 Å². The van der Waals surface area contributed by atoms with E-state index in [0.29, 0.717) is 11.4 Å². The van der Waals surface area contributed by atoms with Gasteiger partial charge in [-0.1, -0.05) is 18.9 Å². The van der Waals surface area contributed by atoms with Crippen LogP contribution in [0.2, 0.25) is 0 Å². The molecule has 1 aromatic carbocycles. The molecule has 110 valence electrons. The molecule has 0 unspecified atom stereocenters. The molecule has 4 nitrogen and oxygen atoms in total. The van der Waals surface area contributed by atoms with E-state index in [1.54, 1.807) is 12.1 Å². The average Bonchev–Trinajstić information content (AvgIpc) is 3.27. The zero-order valence-corrected chi connectivity index (χ0v) is 12.5. The summed E-state index contributed by atoms with van der Waals surface area (Å²) in [7, 11) is -3.36. The number of hydrogen-bond acceptors (Lipinski definition) is 3. The highest BCUT2D eigenvalue weighted by Gasteiger charge is 2.21. The quantitative estimate of drug-likeness (QED) is 0.793. The lowest BCUT2D eigenvalue weighted by Crippen LogP contribution is -2.25. The molecule has 0 saturated heterocycles. The van der Waals surface area contributed by atoms with Gasteiger partial charge in [-0.15, -0.1) is 0 Å². The van der Waals surface area contributed by atoms with E-state index in [1.807, 2.05) is 6.07 Å². The molecule has 1 aromatic rings. The minimum Gasteiger partial charge on any atom is -0.385 e. The predicted molar refractivity (Wildman–Crippen MR) is 80.4 cm³/mol. The number of rotatable bonds is 6. The molecule has 1 aliphatic carbocycles. The summed E-state index contributed by atoms with van der Waals surface area (Å²) in [5.41, 5.74) is 2.18. The fourth-order valence-corrected chi connectivity index (χ4v) is 3.79. The lowest BCUT2D eigenvalue weighted by Gasteiger charge is -2.18. The van der Waals surface area contributed by atoms with E-state index in [4.69, 9.17) is 0 Å². The van der Waals surface area contributed by atoms with Crippen molar-refractivity contribution in [3.63, 3.8) is 0 Å². The van der Waals surface area contributed by atoms with Crippen molar-refractivity contribution in [3.8, 4) is 0 Å². The summed E-state index contributed by atoms with van der Waals surface area (Å²) in [6.45, 7) is 1.47. The Balaban J connectivity index is 1.63. The lowest BCUT2D eigenvalue weighted by atomic mass is 10.0. The van der Waals surface area contributed by atoms with Gasteiger partial charge in [0.2, 0.25) is 10.0 Å². The van der Waals surface area contributed by atoms with Crippen LogP contribution in [0.3, 0.4) is 0 Å². The van der Waals surface area contributed by atoms with Gasteiger partial charge in [0.1, 0.15) is 0 Å². The van der Waals surface area contributed by atoms with Crippen LogP contribution in [0.4, 0.5) is 5.69 Å². The maximum absolute atomic E-state index is 12.2. The summed E-state index contributed by atoms with van der Waals surface area (Å²) in [5, 5.41) is 3.27. The second-order valence-corrected chi connectivity index (χ2v) is 7.60. The van der Waals surface area contributed by atoms with Gasteiger partial charge in [-0.3, -0.25) is 0 Å². The van der Waals surface area contributed by atoms with Crippen LogP contribution in [-0.4, -0.2) is 21.5 Å². The molecule has 0 atom stereocenters. The van der Waals surface area contributed by atoms with Crippen molar-refractivity contribution >= 4 is 15.7 Å². The Morgan fingerprint density at radius 1 is 1.30 bits per heavy atom. The molecule has 1 aliphatic heterocycles. The largest absolute Gasteiger partial charge is 0.385 e. The minimum atomic E-state index is -3.36. The van der Waals surface area contributed by atoms with Gasteiger partial charge in [0.25, 0.3) is 0 Å². The molecular formula is C15H22N2O2S. The number of aryl methyl sites for hydroxylation is 1. The molecule has 0 bridgehead atoms. The number of fused-ring (bicyclic) bond motifs is 1. The predicted octanol–water partition coefficient (Wildman–Crippen LogP) is 2.51. The first kappa shape index (κ1) is 13.9. The molecule has 0 amide bonds. The molecule has 1 fully saturated rings. The van der Waals surface area contributed by atoms with Crippen molar-refractivity contribution in [1.29, 1.82) is 0 Å². The van der Waals surface area contributed by atoms with Crippen LogP contribution in [0.5, 0.6) is 0 Å². The number of nitrogens with one attached hydrogen (secondary N) is 2. The zero-order valence-electron chi connectivity index (χ0n) is 11.7. The Hall–Kier alpha value is -1.07. The van der Waals surface area contributed by atoms with Crippen molar-refractivity contribution in [2.24, 2.45) is 5.92 Å². The van der Waals surface area contributed by atoms with Crippen LogP contribution >= 0.6 is 0 Å². The molecule has 3 rings (SSSR count). The first-order valence-corrected chi connectivity index (χ1v) is 9.00. The summed E-state index contributed by atoms with van der Waals surface area (Å²) >= 11 is 0. The molecule has 0 radical (unpaired) electrons. The summed E-state index contributed by atoms with van der Waals surface area (Å²) in [6, 6.07) is 5.41. The number of sulfonamides is 1. The summed E-state index contributed by atoms with van der Waals surface area (Å²) < 4.78 is 27.2. The van der Waals surface area contributed by atoms with Crippen LogP contribution < -0.4 is 10.0 Å². The van der Waals surface area contributed by atoms with Gasteiger partial charge in [0, 0.05) is 18.8 Å². The first-order chi connectivity index (χ1) is 9.65. The van der Waals surface area contributed by atoms with Gasteiger partial charge in [-0.05, 0) is 49.3 Å². The summed E-state index contributed by atoms with van der Waals surface area (Å²) in [6.07, 6.45) is 6.86. The zero-order chi connectivity index (χ0) is 14.0. The Kier molecular flexibility index (Phi) is 3.98. The summed E-state index contributed by atoms with van der Waals surface area (Å²) in [5.74, 6) is 0.854. The van der Waals surface area contributed by atoms with Crippen molar-refractivity contribution in [3.05, 3.63) is 23.8 Å². The molecule has 1 heterocycles. The van der Waals surface area contributed by atoms with Gasteiger partial charge in [0.05, 0.1) is 4.90 Å². The van der Waals surface area contributed by atoms with Crippen LogP contribution in [0.15, 0.2) is 23.1 Å². The van der Waals surface area contributed by atoms with Crippen LogP contribution in [0.1, 0.15) is 37.7 Å². The van der Waals surface area contributed by atoms with Gasteiger partial charge in [-0.2, -0.15) is 0 Å². The van der Waals surface area contributed by atoms with E-state index in [1.165, 1.54) is 18.4 Å². The highest BCUT2D eigenvalue weighted by molar-refractivity contribution is 7.89. The van der Waals surface area contributed by atoms with Gasteiger partial charge in [0.15, 0.2) is 0 Å². The molecule has 0 spiro atoms. The molecule has 1 saturated carbocycles. The Morgan fingerprint density at radius 3 is 2.95 bits per heavy atom. The Morgan fingerprint density at radius 2 is 2.15 bits per heavy atom. The van der Waals surface area contributed by atoms with E-state index >= 15 is 0 Å². The highest BCUT2D eigenvalue weighted by Crippen LogP contribution is 2.33. The van der Waals surface area contributed by atoms with E-state index in [9.17, 15) is 8.42 Å². The maximum Gasteiger partial charge on any atom is 0.240 e. The SMILES string of the molecule is O=S(=O)(NCCCC1CC1)c1ccc2c(c1)NCCC2. The highest BCUT2D eigenvalue weighted by atomic mass is 32.2. The van der Waals surface area contributed by atoms with Crippen molar-refractivity contribution < 1.29 is 8.42 Å². The van der Waals surface area contributed by atoms with Crippen LogP contribution in [0.25, 0.3) is 0 Å². The molecule has 20 heavy (non-hydrogen) atoms. The van der Waals surface area contributed by atoms with E-state index in [0.717, 1.165) is 43.8 Å². The third kappa shape index (κ3) is 3.33. The van der Waals surface area contributed by atoms with Crippen molar-refractivity contribution in [2.75, 3.05) is 18.4 Å². The van der Waals surface area contributed by atoms with Crippen LogP contribution in [-0.2, 0) is 16.4 Å². The van der Waals surface area contributed by atoms with Crippen LogP contribution in [0, 0.1) is 5.92 Å². The molecular weight excluding hydrogens is 272 g/mol. The van der Waals surface area contributed by atoms with Crippen molar-refractivity contribution in [1.82, 2.24) is 4.72 Å². The monoisotopic (exact) mass is 294 g/mol. The third-order valence-corrected chi connectivity index (χ3v) is 5.57. The van der Waals surface area contributed by atoms with Crippen molar-refractivity contribution in [2.45, 2.75) is 43.4 Å². The number of hydrogen-bond donors (Lipinski definition) is 2. The van der Waals surface area contributed by atoms with E-state index < -0.39 is 10.0 Å². The second-order valence-electron chi connectivity index (χ2n) is 5.83. The average molecular weight is 294 g/mol. The number of anilines is 1. The summed E-state index contributed by atoms with van der Waals surface area (Å²) in [4.78, 5) is 0.372. The standard InChI is InChI=1S/C15H22N2O2S/c18-20(19,17-10-1-3-12-5-6-12)14-8-7-13-4-2-9-16-15(13)11-14/h7-8,11-12,16-17H,1-6,9-10H2. The third-order valence-electron chi connectivity index (χ3n) is 4.11. The fourth-order valence-electron chi connectivity index (χ4n) is 2.69. The molecule has 0 aromatic heterocycles. The second kappa shape index (κ2) is 5.74. The van der Waals surface area contributed by atoms with Gasteiger partial charge < -0.3 is 5.32 Å².